The smallest absolute Gasteiger partial charge is 0.419 e. The van der Waals surface area contributed by atoms with Crippen LogP contribution in [0.2, 0.25) is 0 Å². The number of aldehydes is 1. The minimum atomic E-state index is -4.57. The van der Waals surface area contributed by atoms with Crippen LogP contribution in [-0.2, 0) is 12.8 Å². The minimum absolute atomic E-state index is 0.0329. The summed E-state index contributed by atoms with van der Waals surface area (Å²) in [6.07, 6.45) is -4.19. The predicted molar refractivity (Wildman–Crippen MR) is 72.3 cm³/mol. The van der Waals surface area contributed by atoms with Gasteiger partial charge in [0.2, 0.25) is 0 Å². The molecule has 0 unspecified atom stereocenters. The molecule has 0 aliphatic heterocycles. The van der Waals surface area contributed by atoms with Crippen molar-refractivity contribution in [2.75, 3.05) is 0 Å². The Kier molecular flexibility index (Phi) is 4.31. The summed E-state index contributed by atoms with van der Waals surface area (Å²) >= 11 is 0. The zero-order valence-corrected chi connectivity index (χ0v) is 11.3. The van der Waals surface area contributed by atoms with Crippen molar-refractivity contribution in [3.63, 3.8) is 0 Å². The van der Waals surface area contributed by atoms with Crippen LogP contribution in [0.4, 0.5) is 13.2 Å². The van der Waals surface area contributed by atoms with E-state index in [1.807, 2.05) is 25.1 Å². The highest BCUT2D eigenvalue weighted by atomic mass is 19.4. The van der Waals surface area contributed by atoms with E-state index in [4.69, 9.17) is 4.74 Å². The van der Waals surface area contributed by atoms with E-state index in [-0.39, 0.29) is 17.9 Å². The lowest BCUT2D eigenvalue weighted by Gasteiger charge is -2.14. The lowest BCUT2D eigenvalue weighted by atomic mass is 10.1. The normalized spacial score (nSPS) is 11.2. The van der Waals surface area contributed by atoms with Crippen LogP contribution in [0.15, 0.2) is 42.5 Å². The number of hydrogen-bond donors (Lipinski definition) is 0. The molecule has 0 heterocycles. The molecule has 0 radical (unpaired) electrons. The van der Waals surface area contributed by atoms with Crippen molar-refractivity contribution in [2.45, 2.75) is 19.7 Å². The van der Waals surface area contributed by atoms with Gasteiger partial charge in [-0.05, 0) is 30.7 Å². The molecule has 0 saturated carbocycles. The number of carbonyl (C=O) groups is 1. The highest BCUT2D eigenvalue weighted by Crippen LogP contribution is 2.37. The maximum absolute atomic E-state index is 13.0. The van der Waals surface area contributed by atoms with Gasteiger partial charge in [-0.15, -0.1) is 0 Å². The fourth-order valence-electron chi connectivity index (χ4n) is 1.93. The third kappa shape index (κ3) is 3.84. The van der Waals surface area contributed by atoms with E-state index in [1.54, 1.807) is 6.07 Å². The summed E-state index contributed by atoms with van der Waals surface area (Å²) in [6.45, 7) is 1.93. The standard InChI is InChI=1S/C16H13F3O2/c1-11-3-2-4-13(7-11)10-21-15-6-5-12(9-20)8-14(15)16(17,18)19/h2-9H,10H2,1H3. The molecule has 2 aromatic rings. The molecule has 0 aliphatic rings. The lowest BCUT2D eigenvalue weighted by Crippen LogP contribution is -2.09. The Morgan fingerprint density at radius 3 is 2.52 bits per heavy atom. The van der Waals surface area contributed by atoms with Gasteiger partial charge in [0.15, 0.2) is 0 Å². The van der Waals surface area contributed by atoms with E-state index >= 15 is 0 Å². The van der Waals surface area contributed by atoms with Crippen LogP contribution in [0.3, 0.4) is 0 Å². The molecular weight excluding hydrogens is 281 g/mol. The van der Waals surface area contributed by atoms with E-state index < -0.39 is 11.7 Å². The fraction of sp³-hybridized carbons (Fsp3) is 0.188. The van der Waals surface area contributed by atoms with E-state index in [0.29, 0.717) is 6.29 Å². The number of carbonyl (C=O) groups excluding carboxylic acids is 1. The van der Waals surface area contributed by atoms with Crippen molar-refractivity contribution in [1.29, 1.82) is 0 Å². The van der Waals surface area contributed by atoms with Gasteiger partial charge in [0.05, 0.1) is 5.56 Å². The van der Waals surface area contributed by atoms with Crippen LogP contribution >= 0.6 is 0 Å². The van der Waals surface area contributed by atoms with Crippen molar-refractivity contribution >= 4 is 6.29 Å². The summed E-state index contributed by atoms with van der Waals surface area (Å²) in [5.74, 6) is -0.283. The van der Waals surface area contributed by atoms with Crippen LogP contribution < -0.4 is 4.74 Å². The van der Waals surface area contributed by atoms with E-state index in [9.17, 15) is 18.0 Å². The molecule has 2 aromatic carbocycles. The van der Waals surface area contributed by atoms with Gasteiger partial charge < -0.3 is 4.74 Å². The molecule has 0 saturated heterocycles. The molecule has 110 valence electrons. The molecule has 0 aromatic heterocycles. The van der Waals surface area contributed by atoms with Gasteiger partial charge in [-0.3, -0.25) is 4.79 Å². The molecule has 0 bridgehead atoms. The van der Waals surface area contributed by atoms with Crippen molar-refractivity contribution < 1.29 is 22.7 Å². The number of aryl methyl sites for hydroxylation is 1. The van der Waals surface area contributed by atoms with Crippen LogP contribution in [0, 0.1) is 6.92 Å². The topological polar surface area (TPSA) is 26.3 Å². The van der Waals surface area contributed by atoms with Gasteiger partial charge in [-0.25, -0.2) is 0 Å². The van der Waals surface area contributed by atoms with Crippen LogP contribution in [-0.4, -0.2) is 6.29 Å². The second-order valence-corrected chi connectivity index (χ2v) is 4.65. The fourth-order valence-corrected chi connectivity index (χ4v) is 1.93. The third-order valence-corrected chi connectivity index (χ3v) is 2.92. The van der Waals surface area contributed by atoms with Crippen molar-refractivity contribution in [3.05, 3.63) is 64.7 Å². The number of halogens is 3. The van der Waals surface area contributed by atoms with Gasteiger partial charge in [0.25, 0.3) is 0 Å². The van der Waals surface area contributed by atoms with E-state index in [2.05, 4.69) is 0 Å². The summed E-state index contributed by atoms with van der Waals surface area (Å²) < 4.78 is 44.1. The molecule has 2 nitrogen and oxygen atoms in total. The Morgan fingerprint density at radius 2 is 1.90 bits per heavy atom. The van der Waals surface area contributed by atoms with Crippen LogP contribution in [0.5, 0.6) is 5.75 Å². The Balaban J connectivity index is 2.25. The maximum Gasteiger partial charge on any atom is 0.419 e. The summed E-state index contributed by atoms with van der Waals surface area (Å²) in [4.78, 5) is 10.6. The maximum atomic E-state index is 13.0. The molecule has 0 N–H and O–H groups in total. The second-order valence-electron chi connectivity index (χ2n) is 4.65. The first kappa shape index (κ1) is 15.1. The zero-order chi connectivity index (χ0) is 15.5. The molecule has 21 heavy (non-hydrogen) atoms. The van der Waals surface area contributed by atoms with Gasteiger partial charge in [-0.1, -0.05) is 29.8 Å². The number of hydrogen-bond acceptors (Lipinski definition) is 2. The lowest BCUT2D eigenvalue weighted by molar-refractivity contribution is -0.139. The van der Waals surface area contributed by atoms with E-state index in [1.165, 1.54) is 12.1 Å². The summed E-state index contributed by atoms with van der Waals surface area (Å²) in [5, 5.41) is 0. The SMILES string of the molecule is Cc1cccc(COc2ccc(C=O)cc2C(F)(F)F)c1. The highest BCUT2D eigenvalue weighted by molar-refractivity contribution is 5.75. The predicted octanol–water partition coefficient (Wildman–Crippen LogP) is 4.41. The quantitative estimate of drug-likeness (QED) is 0.781. The molecule has 0 atom stereocenters. The van der Waals surface area contributed by atoms with Crippen LogP contribution in [0.1, 0.15) is 27.0 Å². The first-order valence-electron chi connectivity index (χ1n) is 6.25. The van der Waals surface area contributed by atoms with Crippen molar-refractivity contribution in [3.8, 4) is 5.75 Å². The second kappa shape index (κ2) is 5.99. The molecular formula is C16H13F3O2. The number of benzene rings is 2. The average Bonchev–Trinajstić information content (AvgIpc) is 2.44. The van der Waals surface area contributed by atoms with Gasteiger partial charge in [0, 0.05) is 5.56 Å². The van der Waals surface area contributed by atoms with Crippen LogP contribution in [0.25, 0.3) is 0 Å². The number of rotatable bonds is 4. The van der Waals surface area contributed by atoms with Crippen molar-refractivity contribution in [2.24, 2.45) is 0 Å². The van der Waals surface area contributed by atoms with Gasteiger partial charge in [0.1, 0.15) is 18.6 Å². The monoisotopic (exact) mass is 294 g/mol. The first-order valence-corrected chi connectivity index (χ1v) is 6.25. The summed E-state index contributed by atoms with van der Waals surface area (Å²) in [6, 6.07) is 10.6. The Hall–Kier alpha value is -2.30. The molecule has 2 rings (SSSR count). The molecule has 0 fully saturated rings. The molecule has 0 amide bonds. The van der Waals surface area contributed by atoms with Gasteiger partial charge >= 0.3 is 6.18 Å². The molecule has 0 spiro atoms. The third-order valence-electron chi connectivity index (χ3n) is 2.92. The number of ether oxygens (including phenoxy) is 1. The van der Waals surface area contributed by atoms with E-state index in [0.717, 1.165) is 17.2 Å². The Labute approximate surface area is 120 Å². The Bertz CT molecular complexity index is 648. The molecule has 5 heteroatoms. The van der Waals surface area contributed by atoms with Gasteiger partial charge in [-0.2, -0.15) is 13.2 Å². The number of alkyl halides is 3. The summed E-state index contributed by atoms with van der Waals surface area (Å²) in [7, 11) is 0. The zero-order valence-electron chi connectivity index (χ0n) is 11.3. The summed E-state index contributed by atoms with van der Waals surface area (Å²) in [5.41, 5.74) is 0.802. The Morgan fingerprint density at radius 1 is 1.14 bits per heavy atom. The largest absolute Gasteiger partial charge is 0.488 e. The highest BCUT2D eigenvalue weighted by Gasteiger charge is 2.34. The first-order chi connectivity index (χ1) is 9.90. The molecule has 0 aliphatic carbocycles. The minimum Gasteiger partial charge on any atom is -0.488 e. The average molecular weight is 294 g/mol. The van der Waals surface area contributed by atoms with Crippen molar-refractivity contribution in [1.82, 2.24) is 0 Å².